The monoisotopic (exact) mass is 252 g/mol. The summed E-state index contributed by atoms with van der Waals surface area (Å²) in [5.74, 6) is 1.15. The summed E-state index contributed by atoms with van der Waals surface area (Å²) in [6.45, 7) is 0. The van der Waals surface area contributed by atoms with Crippen molar-refractivity contribution in [2.75, 3.05) is 11.1 Å². The minimum atomic E-state index is 1.08. The molecule has 0 amide bonds. The molecule has 1 aromatic heterocycles. The van der Waals surface area contributed by atoms with Crippen LogP contribution >= 0.6 is 39.2 Å². The average Bonchev–Trinajstić information content (AvgIpc) is 2.50. The van der Waals surface area contributed by atoms with Crippen LogP contribution in [0.4, 0.5) is 0 Å². The molecule has 1 aromatic rings. The highest BCUT2D eigenvalue weighted by atomic mass is 79.9. The summed E-state index contributed by atoms with van der Waals surface area (Å²) in [7, 11) is 0. The Bertz CT molecular complexity index is 179. The van der Waals surface area contributed by atoms with E-state index in [2.05, 4.69) is 25.3 Å². The van der Waals surface area contributed by atoms with E-state index in [9.17, 15) is 0 Å². The van der Waals surface area contributed by atoms with E-state index < -0.39 is 0 Å². The van der Waals surface area contributed by atoms with Crippen LogP contribution in [0.1, 0.15) is 12.8 Å². The molecule has 0 saturated heterocycles. The topological polar surface area (TPSA) is 25.8 Å². The van der Waals surface area contributed by atoms with E-state index >= 15 is 0 Å². The van der Waals surface area contributed by atoms with Gasteiger partial charge in [0.25, 0.3) is 0 Å². The molecule has 5 heteroatoms. The van der Waals surface area contributed by atoms with E-state index in [0.29, 0.717) is 0 Å². The Balaban J connectivity index is 2.04. The first-order valence-corrected chi connectivity index (χ1v) is 6.27. The van der Waals surface area contributed by atoms with Crippen LogP contribution in [0.2, 0.25) is 0 Å². The predicted octanol–water partition coefficient (Wildman–Crippen LogP) is 2.81. The molecule has 0 aromatic carbocycles. The van der Waals surface area contributed by atoms with E-state index in [0.717, 1.165) is 15.4 Å². The standard InChI is InChI=1S/C6H9BrN2S2/c7-3-1-2-4-10-6-8-5-9-11-6/h5H,1-4H2. The second-order valence-electron chi connectivity index (χ2n) is 1.95. The van der Waals surface area contributed by atoms with Gasteiger partial charge in [-0.2, -0.15) is 4.37 Å². The van der Waals surface area contributed by atoms with Crippen LogP contribution in [-0.4, -0.2) is 20.4 Å². The van der Waals surface area contributed by atoms with Crippen molar-refractivity contribution in [1.29, 1.82) is 0 Å². The average molecular weight is 253 g/mol. The number of hydrogen-bond donors (Lipinski definition) is 0. The molecule has 0 spiro atoms. The van der Waals surface area contributed by atoms with Crippen LogP contribution in [0.3, 0.4) is 0 Å². The molecule has 0 bridgehead atoms. The third-order valence-corrected chi connectivity index (χ3v) is 3.54. The maximum absolute atomic E-state index is 4.07. The van der Waals surface area contributed by atoms with Gasteiger partial charge in [-0.25, -0.2) is 4.98 Å². The number of unbranched alkanes of at least 4 members (excludes halogenated alkanes) is 1. The van der Waals surface area contributed by atoms with Crippen molar-refractivity contribution >= 4 is 39.2 Å². The van der Waals surface area contributed by atoms with E-state index in [1.165, 1.54) is 24.4 Å². The first kappa shape index (κ1) is 9.48. The van der Waals surface area contributed by atoms with Gasteiger partial charge in [-0.1, -0.05) is 27.7 Å². The van der Waals surface area contributed by atoms with E-state index in [4.69, 9.17) is 0 Å². The second kappa shape index (κ2) is 5.97. The van der Waals surface area contributed by atoms with Crippen LogP contribution in [-0.2, 0) is 0 Å². The molecule has 0 aliphatic heterocycles. The van der Waals surface area contributed by atoms with Gasteiger partial charge in [0.05, 0.1) is 0 Å². The summed E-state index contributed by atoms with van der Waals surface area (Å²) < 4.78 is 5.00. The van der Waals surface area contributed by atoms with Gasteiger partial charge in [-0.05, 0) is 24.4 Å². The van der Waals surface area contributed by atoms with Gasteiger partial charge in [-0.15, -0.1) is 0 Å². The zero-order chi connectivity index (χ0) is 7.94. The highest BCUT2D eigenvalue weighted by Crippen LogP contribution is 2.19. The summed E-state index contributed by atoms with van der Waals surface area (Å²) in [5.41, 5.74) is 0. The van der Waals surface area contributed by atoms with E-state index in [-0.39, 0.29) is 0 Å². The fourth-order valence-corrected chi connectivity index (χ4v) is 2.49. The molecule has 0 atom stereocenters. The van der Waals surface area contributed by atoms with Crippen molar-refractivity contribution in [3.63, 3.8) is 0 Å². The third kappa shape index (κ3) is 4.08. The van der Waals surface area contributed by atoms with Crippen molar-refractivity contribution in [2.24, 2.45) is 0 Å². The van der Waals surface area contributed by atoms with Crippen molar-refractivity contribution in [1.82, 2.24) is 9.36 Å². The lowest BCUT2D eigenvalue weighted by molar-refractivity contribution is 0.912. The number of halogens is 1. The Hall–Kier alpha value is 0.390. The Kier molecular flexibility index (Phi) is 5.14. The molecule has 0 saturated carbocycles. The zero-order valence-electron chi connectivity index (χ0n) is 5.99. The molecule has 2 nitrogen and oxygen atoms in total. The second-order valence-corrected chi connectivity index (χ2v) is 4.87. The molecule has 62 valence electrons. The van der Waals surface area contributed by atoms with Crippen LogP contribution in [0.25, 0.3) is 0 Å². The lowest BCUT2D eigenvalue weighted by Crippen LogP contribution is -1.80. The Labute approximate surface area is 83.1 Å². The number of rotatable bonds is 5. The van der Waals surface area contributed by atoms with Gasteiger partial charge in [0.1, 0.15) is 6.33 Å². The summed E-state index contributed by atoms with van der Waals surface area (Å²) >= 11 is 6.66. The normalized spacial score (nSPS) is 10.3. The Morgan fingerprint density at radius 2 is 2.45 bits per heavy atom. The minimum Gasteiger partial charge on any atom is -0.216 e. The van der Waals surface area contributed by atoms with Gasteiger partial charge < -0.3 is 0 Å². The lowest BCUT2D eigenvalue weighted by Gasteiger charge is -1.93. The molecular formula is C6H9BrN2S2. The van der Waals surface area contributed by atoms with Crippen molar-refractivity contribution in [3.8, 4) is 0 Å². The van der Waals surface area contributed by atoms with Crippen molar-refractivity contribution in [2.45, 2.75) is 17.2 Å². The first-order valence-electron chi connectivity index (χ1n) is 3.39. The van der Waals surface area contributed by atoms with Crippen LogP contribution in [0.5, 0.6) is 0 Å². The molecule has 11 heavy (non-hydrogen) atoms. The van der Waals surface area contributed by atoms with E-state index in [1.807, 2.05) is 0 Å². The maximum Gasteiger partial charge on any atom is 0.169 e. The summed E-state index contributed by atoms with van der Waals surface area (Å²) in [4.78, 5) is 4.07. The zero-order valence-corrected chi connectivity index (χ0v) is 9.21. The van der Waals surface area contributed by atoms with Crippen molar-refractivity contribution < 1.29 is 0 Å². The fourth-order valence-electron chi connectivity index (χ4n) is 0.583. The Morgan fingerprint density at radius 1 is 1.55 bits per heavy atom. The number of thioether (sulfide) groups is 1. The summed E-state index contributed by atoms with van der Waals surface area (Å²) in [5, 5.41) is 1.10. The molecule has 1 heterocycles. The van der Waals surface area contributed by atoms with Gasteiger partial charge in [-0.3, -0.25) is 0 Å². The highest BCUT2D eigenvalue weighted by molar-refractivity contribution is 9.09. The molecule has 0 aliphatic rings. The molecule has 0 fully saturated rings. The SMILES string of the molecule is BrCCCCSc1ncns1. The number of nitrogens with zero attached hydrogens (tertiary/aromatic N) is 2. The summed E-state index contributed by atoms with van der Waals surface area (Å²) in [6.07, 6.45) is 4.10. The molecule has 0 unspecified atom stereocenters. The Morgan fingerprint density at radius 3 is 3.09 bits per heavy atom. The molecule has 0 aliphatic carbocycles. The van der Waals surface area contributed by atoms with Gasteiger partial charge in [0.2, 0.25) is 0 Å². The maximum atomic E-state index is 4.07. The minimum absolute atomic E-state index is 1.08. The van der Waals surface area contributed by atoms with E-state index in [1.54, 1.807) is 18.1 Å². The molecule has 0 N–H and O–H groups in total. The largest absolute Gasteiger partial charge is 0.216 e. The van der Waals surface area contributed by atoms with Crippen molar-refractivity contribution in [3.05, 3.63) is 6.33 Å². The summed E-state index contributed by atoms with van der Waals surface area (Å²) in [6, 6.07) is 0. The first-order chi connectivity index (χ1) is 5.43. The fraction of sp³-hybridized carbons (Fsp3) is 0.667. The quantitative estimate of drug-likeness (QED) is 0.458. The van der Waals surface area contributed by atoms with Crippen LogP contribution < -0.4 is 0 Å². The van der Waals surface area contributed by atoms with Crippen LogP contribution in [0, 0.1) is 0 Å². The number of alkyl halides is 1. The van der Waals surface area contributed by atoms with Gasteiger partial charge in [0, 0.05) is 11.1 Å². The number of hydrogen-bond acceptors (Lipinski definition) is 4. The smallest absolute Gasteiger partial charge is 0.169 e. The molecule has 0 radical (unpaired) electrons. The number of aromatic nitrogens is 2. The molecular weight excluding hydrogens is 244 g/mol. The third-order valence-electron chi connectivity index (χ3n) is 1.09. The van der Waals surface area contributed by atoms with Gasteiger partial charge >= 0.3 is 0 Å². The van der Waals surface area contributed by atoms with Crippen LogP contribution in [0.15, 0.2) is 10.7 Å². The predicted molar refractivity (Wildman–Crippen MR) is 53.7 cm³/mol. The van der Waals surface area contributed by atoms with Gasteiger partial charge in [0.15, 0.2) is 4.34 Å². The lowest BCUT2D eigenvalue weighted by atomic mass is 10.4. The molecule has 1 rings (SSSR count). The highest BCUT2D eigenvalue weighted by Gasteiger charge is 1.95.